The Morgan fingerprint density at radius 2 is 1.66 bits per heavy atom. The topological polar surface area (TPSA) is 109 Å². The molecule has 0 aromatic heterocycles. The van der Waals surface area contributed by atoms with E-state index in [-0.39, 0.29) is 24.1 Å². The fourth-order valence-corrected chi connectivity index (χ4v) is 3.22. The molecule has 5 N–H and O–H groups in total. The van der Waals surface area contributed by atoms with E-state index in [0.29, 0.717) is 34.9 Å². The fraction of sp³-hybridized carbons (Fsp3) is 0.167. The SMILES string of the molecule is COc1cccc([C@@H](Nc2ccc(C(=N)N)cc2)C(=O)NCc2ccccc2)c1OC.Cl. The molecule has 0 unspecified atom stereocenters. The van der Waals surface area contributed by atoms with Crippen molar-refractivity contribution < 1.29 is 14.3 Å². The molecular formula is C24H27ClN4O3. The molecule has 0 saturated heterocycles. The summed E-state index contributed by atoms with van der Waals surface area (Å²) in [4.78, 5) is 13.2. The molecular weight excluding hydrogens is 428 g/mol. The highest BCUT2D eigenvalue weighted by atomic mass is 35.5. The average Bonchev–Trinajstić information content (AvgIpc) is 2.81. The number of rotatable bonds is 9. The van der Waals surface area contributed by atoms with Gasteiger partial charge in [0, 0.05) is 23.4 Å². The van der Waals surface area contributed by atoms with Gasteiger partial charge in [-0.2, -0.15) is 0 Å². The molecule has 7 nitrogen and oxygen atoms in total. The van der Waals surface area contributed by atoms with Crippen molar-refractivity contribution in [3.05, 3.63) is 89.5 Å². The average molecular weight is 455 g/mol. The van der Waals surface area contributed by atoms with Crippen molar-refractivity contribution in [3.8, 4) is 11.5 Å². The van der Waals surface area contributed by atoms with Crippen LogP contribution in [-0.4, -0.2) is 26.0 Å². The number of hydrogen-bond acceptors (Lipinski definition) is 5. The van der Waals surface area contributed by atoms with Gasteiger partial charge in [-0.1, -0.05) is 42.5 Å². The Bertz CT molecular complexity index is 1040. The predicted octanol–water partition coefficient (Wildman–Crippen LogP) is 3.88. The number of carbonyl (C=O) groups is 1. The number of methoxy groups -OCH3 is 2. The number of hydrogen-bond donors (Lipinski definition) is 4. The van der Waals surface area contributed by atoms with Gasteiger partial charge in [-0.05, 0) is 35.9 Å². The van der Waals surface area contributed by atoms with Crippen LogP contribution in [0.4, 0.5) is 5.69 Å². The van der Waals surface area contributed by atoms with E-state index in [2.05, 4.69) is 10.6 Å². The van der Waals surface area contributed by atoms with Gasteiger partial charge in [0.15, 0.2) is 11.5 Å². The van der Waals surface area contributed by atoms with Crippen LogP contribution < -0.4 is 25.8 Å². The summed E-state index contributed by atoms with van der Waals surface area (Å²) in [6.07, 6.45) is 0. The molecule has 3 aromatic rings. The third kappa shape index (κ3) is 5.92. The van der Waals surface area contributed by atoms with Crippen molar-refractivity contribution in [2.45, 2.75) is 12.6 Å². The zero-order valence-corrected chi connectivity index (χ0v) is 18.7. The number of carbonyl (C=O) groups excluding carboxylic acids is 1. The minimum absolute atomic E-state index is 0. The number of halogens is 1. The van der Waals surface area contributed by atoms with Crippen LogP contribution in [-0.2, 0) is 11.3 Å². The Hall–Kier alpha value is -3.71. The molecule has 8 heteroatoms. The van der Waals surface area contributed by atoms with Crippen molar-refractivity contribution in [1.29, 1.82) is 5.41 Å². The van der Waals surface area contributed by atoms with Gasteiger partial charge in [0.1, 0.15) is 11.9 Å². The van der Waals surface area contributed by atoms with Gasteiger partial charge in [-0.15, -0.1) is 12.4 Å². The first-order valence-electron chi connectivity index (χ1n) is 9.77. The Morgan fingerprint density at radius 1 is 0.969 bits per heavy atom. The van der Waals surface area contributed by atoms with E-state index in [0.717, 1.165) is 5.56 Å². The van der Waals surface area contributed by atoms with E-state index in [9.17, 15) is 4.79 Å². The summed E-state index contributed by atoms with van der Waals surface area (Å²) in [5.74, 6) is 0.788. The number of benzene rings is 3. The Kier molecular flexibility index (Phi) is 8.92. The highest BCUT2D eigenvalue weighted by Gasteiger charge is 2.26. The van der Waals surface area contributed by atoms with Gasteiger partial charge in [-0.25, -0.2) is 0 Å². The lowest BCUT2D eigenvalue weighted by atomic mass is 10.0. The second-order valence-electron chi connectivity index (χ2n) is 6.85. The van der Waals surface area contributed by atoms with Gasteiger partial charge in [-0.3, -0.25) is 10.2 Å². The summed E-state index contributed by atoms with van der Waals surface area (Å²) < 4.78 is 11.0. The Morgan fingerprint density at radius 3 is 2.25 bits per heavy atom. The smallest absolute Gasteiger partial charge is 0.247 e. The molecule has 3 rings (SSSR count). The maximum absolute atomic E-state index is 13.2. The first-order valence-corrected chi connectivity index (χ1v) is 9.77. The van der Waals surface area contributed by atoms with Crippen LogP contribution >= 0.6 is 12.4 Å². The molecule has 0 aliphatic carbocycles. The highest BCUT2D eigenvalue weighted by Crippen LogP contribution is 2.36. The lowest BCUT2D eigenvalue weighted by Crippen LogP contribution is -2.33. The van der Waals surface area contributed by atoms with Crippen molar-refractivity contribution in [2.24, 2.45) is 5.73 Å². The minimum Gasteiger partial charge on any atom is -0.493 e. The van der Waals surface area contributed by atoms with Gasteiger partial charge in [0.05, 0.1) is 14.2 Å². The van der Waals surface area contributed by atoms with Crippen molar-refractivity contribution in [2.75, 3.05) is 19.5 Å². The van der Waals surface area contributed by atoms with Gasteiger partial charge in [0.25, 0.3) is 0 Å². The van der Waals surface area contributed by atoms with E-state index in [4.69, 9.17) is 20.6 Å². The molecule has 32 heavy (non-hydrogen) atoms. The van der Waals surface area contributed by atoms with Crippen molar-refractivity contribution >= 4 is 29.8 Å². The second-order valence-corrected chi connectivity index (χ2v) is 6.85. The normalized spacial score (nSPS) is 10.9. The lowest BCUT2D eigenvalue weighted by Gasteiger charge is -2.23. The van der Waals surface area contributed by atoms with Gasteiger partial charge in [0.2, 0.25) is 5.91 Å². The number of para-hydroxylation sites is 1. The molecule has 0 bridgehead atoms. The largest absolute Gasteiger partial charge is 0.493 e. The molecule has 0 aliphatic rings. The molecule has 1 amide bonds. The maximum atomic E-state index is 13.2. The first kappa shape index (κ1) is 24.6. The molecule has 0 radical (unpaired) electrons. The third-order valence-electron chi connectivity index (χ3n) is 4.82. The minimum atomic E-state index is -0.739. The van der Waals surface area contributed by atoms with E-state index in [1.165, 1.54) is 0 Å². The van der Waals surface area contributed by atoms with Gasteiger partial charge >= 0.3 is 0 Å². The van der Waals surface area contributed by atoms with E-state index >= 15 is 0 Å². The molecule has 0 aliphatic heterocycles. The Labute approximate surface area is 193 Å². The standard InChI is InChI=1S/C24H26N4O3.ClH/c1-30-20-10-6-9-19(22(20)31-2)21(24(29)27-15-16-7-4-3-5-8-16)28-18-13-11-17(12-14-18)23(25)26;/h3-14,21,28H,15H2,1-2H3,(H3,25,26)(H,27,29);1H/t21-;/m1./s1. The molecule has 0 heterocycles. The highest BCUT2D eigenvalue weighted by molar-refractivity contribution is 5.95. The second kappa shape index (κ2) is 11.6. The predicted molar refractivity (Wildman–Crippen MR) is 129 cm³/mol. The number of nitrogen functional groups attached to an aromatic ring is 1. The number of ether oxygens (including phenoxy) is 2. The monoisotopic (exact) mass is 454 g/mol. The zero-order valence-electron chi connectivity index (χ0n) is 17.9. The zero-order chi connectivity index (χ0) is 22.2. The molecule has 168 valence electrons. The van der Waals surface area contributed by atoms with Crippen LogP contribution in [0.5, 0.6) is 11.5 Å². The number of amidine groups is 1. The van der Waals surface area contributed by atoms with Gasteiger partial charge < -0.3 is 25.8 Å². The van der Waals surface area contributed by atoms with Crippen LogP contribution in [0.15, 0.2) is 72.8 Å². The van der Waals surface area contributed by atoms with E-state index in [1.807, 2.05) is 42.5 Å². The van der Waals surface area contributed by atoms with Crippen molar-refractivity contribution in [3.63, 3.8) is 0 Å². The van der Waals surface area contributed by atoms with Crippen LogP contribution in [0.25, 0.3) is 0 Å². The summed E-state index contributed by atoms with van der Waals surface area (Å²) in [6, 6.07) is 21.4. The maximum Gasteiger partial charge on any atom is 0.247 e. The number of nitrogens with one attached hydrogen (secondary N) is 3. The number of anilines is 1. The lowest BCUT2D eigenvalue weighted by molar-refractivity contribution is -0.122. The van der Waals surface area contributed by atoms with E-state index < -0.39 is 6.04 Å². The summed E-state index contributed by atoms with van der Waals surface area (Å²) in [7, 11) is 3.10. The number of nitrogens with two attached hydrogens (primary N) is 1. The molecule has 3 aromatic carbocycles. The summed E-state index contributed by atoms with van der Waals surface area (Å²) >= 11 is 0. The molecule has 1 atom stereocenters. The van der Waals surface area contributed by atoms with E-state index in [1.54, 1.807) is 44.6 Å². The van der Waals surface area contributed by atoms with Crippen molar-refractivity contribution in [1.82, 2.24) is 5.32 Å². The van der Waals surface area contributed by atoms with Crippen LogP contribution in [0, 0.1) is 5.41 Å². The first-order chi connectivity index (χ1) is 15.0. The molecule has 0 spiro atoms. The summed E-state index contributed by atoms with van der Waals surface area (Å²) in [5, 5.41) is 13.8. The van der Waals surface area contributed by atoms with Crippen LogP contribution in [0.1, 0.15) is 22.7 Å². The molecule has 0 fully saturated rings. The van der Waals surface area contributed by atoms with Crippen LogP contribution in [0.3, 0.4) is 0 Å². The fourth-order valence-electron chi connectivity index (χ4n) is 3.22. The summed E-state index contributed by atoms with van der Waals surface area (Å²) in [6.45, 7) is 0.396. The Balaban J connectivity index is 0.00000363. The molecule has 0 saturated carbocycles. The quantitative estimate of drug-likeness (QED) is 0.290. The third-order valence-corrected chi connectivity index (χ3v) is 4.82. The summed E-state index contributed by atoms with van der Waals surface area (Å²) in [5.41, 5.74) is 8.49. The van der Waals surface area contributed by atoms with Crippen LogP contribution in [0.2, 0.25) is 0 Å². The number of amides is 1.